The zero-order valence-corrected chi connectivity index (χ0v) is 25.2. The van der Waals surface area contributed by atoms with Crippen molar-refractivity contribution in [1.29, 1.82) is 0 Å². The van der Waals surface area contributed by atoms with Crippen LogP contribution in [0.3, 0.4) is 0 Å². The zero-order chi connectivity index (χ0) is 31.6. The lowest BCUT2D eigenvalue weighted by Gasteiger charge is -2.47. The number of nitrogens with zero attached hydrogens (tertiary/aromatic N) is 3. The highest BCUT2D eigenvalue weighted by molar-refractivity contribution is 5.69. The predicted octanol–water partition coefficient (Wildman–Crippen LogP) is 6.52. The van der Waals surface area contributed by atoms with Gasteiger partial charge in [0.05, 0.1) is 19.1 Å². The second-order valence-electron chi connectivity index (χ2n) is 12.7. The molecule has 3 heterocycles. The summed E-state index contributed by atoms with van der Waals surface area (Å²) in [4.78, 5) is 16.5. The summed E-state index contributed by atoms with van der Waals surface area (Å²) in [7, 11) is 0. The molecule has 0 bridgehead atoms. The molecule has 2 fully saturated rings. The molecule has 3 aromatic carbocycles. The molecule has 0 aromatic heterocycles. The van der Waals surface area contributed by atoms with Crippen molar-refractivity contribution < 1.29 is 32.2 Å². The smallest absolute Gasteiger partial charge is 0.317 e. The number of hydrogen-bond acceptors (Lipinski definition) is 5. The van der Waals surface area contributed by atoms with Crippen molar-refractivity contribution >= 4 is 11.7 Å². The van der Waals surface area contributed by atoms with Crippen LogP contribution in [-0.4, -0.2) is 73.1 Å². The molecule has 0 amide bonds. The monoisotopic (exact) mass is 625 g/mol. The topological polar surface area (TPSA) is 56.3 Å². The van der Waals surface area contributed by atoms with Crippen molar-refractivity contribution in [1.82, 2.24) is 9.80 Å². The molecular weight excluding hydrogens is 586 g/mol. The van der Waals surface area contributed by atoms with Crippen LogP contribution in [0.5, 0.6) is 5.75 Å². The lowest BCUT2D eigenvalue weighted by atomic mass is 9.71. The Labute approximate surface area is 261 Å². The molecule has 240 valence electrons. The van der Waals surface area contributed by atoms with Gasteiger partial charge in [0.15, 0.2) is 0 Å². The van der Waals surface area contributed by atoms with Crippen molar-refractivity contribution in [2.45, 2.75) is 51.2 Å². The molecule has 6 nitrogen and oxygen atoms in total. The highest BCUT2D eigenvalue weighted by Crippen LogP contribution is 2.44. The number of hydrogen-bond donors (Lipinski definition) is 1. The summed E-state index contributed by atoms with van der Waals surface area (Å²) in [6.07, 6.45) is 1.37. The highest BCUT2D eigenvalue weighted by atomic mass is 19.3. The summed E-state index contributed by atoms with van der Waals surface area (Å²) >= 11 is 0. The van der Waals surface area contributed by atoms with E-state index in [-0.39, 0.29) is 24.1 Å². The van der Waals surface area contributed by atoms with E-state index in [1.165, 1.54) is 17.0 Å². The third kappa shape index (κ3) is 7.12. The fraction of sp³-hybridized carbons (Fsp3) is 0.457. The number of carboxylic acid groups (broad SMARTS) is 1. The fourth-order valence-corrected chi connectivity index (χ4v) is 7.33. The lowest BCUT2D eigenvalue weighted by Crippen LogP contribution is -2.47. The minimum absolute atomic E-state index is 0.0521. The van der Waals surface area contributed by atoms with Crippen molar-refractivity contribution in [3.63, 3.8) is 0 Å². The molecule has 6 rings (SSSR count). The van der Waals surface area contributed by atoms with Gasteiger partial charge in [0.1, 0.15) is 24.0 Å². The van der Waals surface area contributed by atoms with Gasteiger partial charge in [0.2, 0.25) is 0 Å². The number of carboxylic acids is 1. The van der Waals surface area contributed by atoms with Crippen LogP contribution in [-0.2, 0) is 17.8 Å². The van der Waals surface area contributed by atoms with Crippen LogP contribution in [0.25, 0.3) is 0 Å². The maximum Gasteiger partial charge on any atom is 0.317 e. The molecular formula is C35H39F4N3O3. The van der Waals surface area contributed by atoms with Crippen LogP contribution >= 0.6 is 0 Å². The normalized spacial score (nSPS) is 20.4. The largest absolute Gasteiger partial charge is 0.489 e. The molecule has 10 heteroatoms. The second kappa shape index (κ2) is 13.4. The van der Waals surface area contributed by atoms with Crippen LogP contribution in [0.1, 0.15) is 54.0 Å². The molecule has 1 N–H and O–H groups in total. The van der Waals surface area contributed by atoms with E-state index in [1.54, 1.807) is 12.1 Å². The molecule has 0 aliphatic carbocycles. The van der Waals surface area contributed by atoms with Gasteiger partial charge < -0.3 is 14.7 Å². The number of alkyl halides is 2. The minimum Gasteiger partial charge on any atom is -0.489 e. The quantitative estimate of drug-likeness (QED) is 0.273. The maximum atomic E-state index is 16.0. The Morgan fingerprint density at radius 3 is 2.22 bits per heavy atom. The standard InChI is InChI=1S/C35H39F4N3O3/c36-29-19-26(41-16-11-35(12-17-41)9-14-40(15-10-35)22-32(43)44)20-30(37)33(29)34-28-7-6-27(45-23-24-4-2-1-3-5-24)18-25(28)8-13-42(34)21-31(38)39/h1-7,18-20,31,34H,8-17,21-23H2,(H,43,44). The fourth-order valence-electron chi connectivity index (χ4n) is 7.33. The SMILES string of the molecule is O=C(O)CN1CCC2(CC1)CCN(c1cc(F)c(C3c4ccc(OCc5ccccc5)cc4CCN3CC(F)F)c(F)c1)CC2. The lowest BCUT2D eigenvalue weighted by molar-refractivity contribution is -0.139. The van der Waals surface area contributed by atoms with E-state index in [0.29, 0.717) is 43.1 Å². The Morgan fingerprint density at radius 1 is 0.911 bits per heavy atom. The summed E-state index contributed by atoms with van der Waals surface area (Å²) in [5.41, 5.74) is 2.80. The number of fused-ring (bicyclic) bond motifs is 1. The Balaban J connectivity index is 1.20. The van der Waals surface area contributed by atoms with Gasteiger partial charge in [0, 0.05) is 30.9 Å². The molecule has 3 aromatic rings. The molecule has 3 aliphatic heterocycles. The number of benzene rings is 3. The number of anilines is 1. The minimum atomic E-state index is -2.65. The molecule has 1 spiro atoms. The molecule has 0 saturated carbocycles. The number of ether oxygens (including phenoxy) is 1. The van der Waals surface area contributed by atoms with Gasteiger partial charge in [-0.05, 0) is 91.6 Å². The van der Waals surface area contributed by atoms with Crippen molar-refractivity contribution in [3.8, 4) is 5.75 Å². The van der Waals surface area contributed by atoms with Crippen molar-refractivity contribution in [2.75, 3.05) is 50.7 Å². The van der Waals surface area contributed by atoms with Gasteiger partial charge in [-0.2, -0.15) is 0 Å². The number of carbonyl (C=O) groups is 1. The summed E-state index contributed by atoms with van der Waals surface area (Å²) < 4.78 is 65.3. The van der Waals surface area contributed by atoms with E-state index in [4.69, 9.17) is 9.84 Å². The first kappa shape index (κ1) is 31.4. The molecule has 0 radical (unpaired) electrons. The molecule has 3 aliphatic rings. The van der Waals surface area contributed by atoms with Crippen LogP contribution in [0.4, 0.5) is 23.2 Å². The molecule has 2 saturated heterocycles. The van der Waals surface area contributed by atoms with E-state index in [9.17, 15) is 13.6 Å². The first-order valence-electron chi connectivity index (χ1n) is 15.7. The summed E-state index contributed by atoms with van der Waals surface area (Å²) in [5, 5.41) is 9.09. The zero-order valence-electron chi connectivity index (χ0n) is 25.2. The van der Waals surface area contributed by atoms with E-state index < -0.39 is 36.6 Å². The van der Waals surface area contributed by atoms with Crippen LogP contribution in [0.2, 0.25) is 0 Å². The average Bonchev–Trinajstić information content (AvgIpc) is 3.02. The van der Waals surface area contributed by atoms with E-state index >= 15 is 8.78 Å². The molecule has 1 unspecified atom stereocenters. The van der Waals surface area contributed by atoms with Gasteiger partial charge in [-0.1, -0.05) is 36.4 Å². The van der Waals surface area contributed by atoms with Crippen LogP contribution < -0.4 is 9.64 Å². The van der Waals surface area contributed by atoms with Gasteiger partial charge in [0.25, 0.3) is 6.43 Å². The number of likely N-dealkylation sites (tertiary alicyclic amines) is 1. The number of rotatable bonds is 9. The first-order chi connectivity index (χ1) is 21.7. The Kier molecular flexibility index (Phi) is 9.33. The highest BCUT2D eigenvalue weighted by Gasteiger charge is 2.39. The Morgan fingerprint density at radius 2 is 1.58 bits per heavy atom. The van der Waals surface area contributed by atoms with Crippen LogP contribution in [0.15, 0.2) is 60.7 Å². The third-order valence-electron chi connectivity index (χ3n) is 9.87. The average molecular weight is 626 g/mol. The molecule has 45 heavy (non-hydrogen) atoms. The summed E-state index contributed by atoms with van der Waals surface area (Å²) in [5.74, 6) is -1.69. The second-order valence-corrected chi connectivity index (χ2v) is 12.7. The van der Waals surface area contributed by atoms with Gasteiger partial charge in [-0.25, -0.2) is 17.6 Å². The van der Waals surface area contributed by atoms with E-state index in [2.05, 4.69) is 0 Å². The van der Waals surface area contributed by atoms with E-state index in [1.807, 2.05) is 46.2 Å². The molecule has 1 atom stereocenters. The number of piperidine rings is 2. The van der Waals surface area contributed by atoms with Gasteiger partial charge in [-0.15, -0.1) is 0 Å². The van der Waals surface area contributed by atoms with Crippen molar-refractivity contribution in [2.24, 2.45) is 5.41 Å². The van der Waals surface area contributed by atoms with E-state index in [0.717, 1.165) is 49.9 Å². The van der Waals surface area contributed by atoms with Gasteiger partial charge in [-0.3, -0.25) is 14.6 Å². The Hall–Kier alpha value is -3.63. The third-order valence-corrected chi connectivity index (χ3v) is 9.87. The summed E-state index contributed by atoms with van der Waals surface area (Å²) in [6.45, 7) is 2.84. The van der Waals surface area contributed by atoms with Crippen LogP contribution in [0, 0.1) is 17.0 Å². The number of halogens is 4. The predicted molar refractivity (Wildman–Crippen MR) is 164 cm³/mol. The number of aliphatic carboxylic acids is 1. The Bertz CT molecular complexity index is 1460. The first-order valence-corrected chi connectivity index (χ1v) is 15.7. The van der Waals surface area contributed by atoms with Crippen molar-refractivity contribution in [3.05, 3.63) is 94.6 Å². The summed E-state index contributed by atoms with van der Waals surface area (Å²) in [6, 6.07) is 16.7. The van der Waals surface area contributed by atoms with Gasteiger partial charge >= 0.3 is 5.97 Å². The maximum absolute atomic E-state index is 16.0.